The smallest absolute Gasteiger partial charge is 0.203 e. The van der Waals surface area contributed by atoms with E-state index in [0.29, 0.717) is 6.54 Å². The van der Waals surface area contributed by atoms with Crippen LogP contribution >= 0.6 is 0 Å². The molecule has 0 radical (unpaired) electrons. The Labute approximate surface area is 279 Å². The van der Waals surface area contributed by atoms with Crippen LogP contribution in [0.15, 0.2) is 168 Å². The molecule has 0 atom stereocenters. The number of benzene rings is 7. The highest BCUT2D eigenvalue weighted by molar-refractivity contribution is 6.16. The van der Waals surface area contributed by atoms with Gasteiger partial charge in [-0.2, -0.15) is 0 Å². The van der Waals surface area contributed by atoms with Crippen LogP contribution in [-0.4, -0.2) is 6.54 Å². The molecule has 2 aliphatic rings. The minimum Gasteiger partial charge on any atom is -0.440 e. The second-order valence-electron chi connectivity index (χ2n) is 12.5. The van der Waals surface area contributed by atoms with Gasteiger partial charge in [0.25, 0.3) is 0 Å². The average molecular weight is 615 g/mol. The molecule has 0 bridgehead atoms. The zero-order valence-electron chi connectivity index (χ0n) is 26.2. The molecule has 1 aromatic heterocycles. The maximum absolute atomic E-state index is 6.34. The molecular weight excluding hydrogens is 585 g/mol. The molecule has 1 aliphatic carbocycles. The number of rotatable bonds is 5. The first kappa shape index (κ1) is 26.9. The van der Waals surface area contributed by atoms with E-state index in [0.717, 1.165) is 39.5 Å². The highest BCUT2D eigenvalue weighted by atomic mass is 16.3. The lowest BCUT2D eigenvalue weighted by molar-refractivity contribution is 0.627. The summed E-state index contributed by atoms with van der Waals surface area (Å²) in [6.45, 7) is 0.674. The van der Waals surface area contributed by atoms with Gasteiger partial charge in [0.2, 0.25) is 5.88 Å². The Morgan fingerprint density at radius 3 is 2.08 bits per heavy atom. The fraction of sp³-hybridized carbons (Fsp3) is 0.0222. The molecule has 3 heteroatoms. The molecule has 0 fully saturated rings. The largest absolute Gasteiger partial charge is 0.440 e. The molecule has 0 amide bonds. The summed E-state index contributed by atoms with van der Waals surface area (Å²) >= 11 is 0. The molecule has 48 heavy (non-hydrogen) atoms. The Hall–Kier alpha value is -6.32. The fourth-order valence-electron chi connectivity index (χ4n) is 7.70. The maximum atomic E-state index is 6.34. The van der Waals surface area contributed by atoms with Gasteiger partial charge < -0.3 is 14.6 Å². The summed E-state index contributed by atoms with van der Waals surface area (Å²) < 4.78 is 6.34. The summed E-state index contributed by atoms with van der Waals surface area (Å²) in [5.74, 6) is 0.807. The van der Waals surface area contributed by atoms with E-state index in [2.05, 4.69) is 162 Å². The SMILES string of the molecule is C1=C(N(c2ccc(-c3cc4c5c(cccc5c3)-c3ccccc3-4)cc2)c2ccccc2-c2ccccc2)c2c(oc3ccccc23)NC1. The van der Waals surface area contributed by atoms with Crippen molar-refractivity contribution in [2.24, 2.45) is 0 Å². The van der Waals surface area contributed by atoms with E-state index in [1.807, 2.05) is 12.1 Å². The molecule has 8 aromatic rings. The molecule has 226 valence electrons. The van der Waals surface area contributed by atoms with Crippen LogP contribution in [0, 0.1) is 0 Å². The molecular formula is C45H30N2O. The van der Waals surface area contributed by atoms with Gasteiger partial charge in [0.15, 0.2) is 0 Å². The van der Waals surface area contributed by atoms with Crippen molar-refractivity contribution in [1.29, 1.82) is 0 Å². The van der Waals surface area contributed by atoms with Gasteiger partial charge in [-0.05, 0) is 92.2 Å². The summed E-state index contributed by atoms with van der Waals surface area (Å²) in [5.41, 5.74) is 15.3. The van der Waals surface area contributed by atoms with E-state index in [4.69, 9.17) is 4.42 Å². The molecule has 1 aliphatic heterocycles. The molecule has 3 nitrogen and oxygen atoms in total. The maximum Gasteiger partial charge on any atom is 0.203 e. The Balaban J connectivity index is 1.14. The van der Waals surface area contributed by atoms with Crippen molar-refractivity contribution < 1.29 is 4.42 Å². The van der Waals surface area contributed by atoms with E-state index in [9.17, 15) is 0 Å². The Morgan fingerprint density at radius 2 is 1.23 bits per heavy atom. The number of fused-ring (bicyclic) bond motifs is 6. The molecule has 0 spiro atoms. The van der Waals surface area contributed by atoms with Gasteiger partial charge in [-0.3, -0.25) is 0 Å². The van der Waals surface area contributed by atoms with E-state index < -0.39 is 0 Å². The summed E-state index contributed by atoms with van der Waals surface area (Å²) in [6, 6.07) is 56.8. The highest BCUT2D eigenvalue weighted by Crippen LogP contribution is 2.49. The van der Waals surface area contributed by atoms with Gasteiger partial charge >= 0.3 is 0 Å². The van der Waals surface area contributed by atoms with Crippen molar-refractivity contribution >= 4 is 44.7 Å². The van der Waals surface area contributed by atoms with Crippen molar-refractivity contribution in [1.82, 2.24) is 0 Å². The monoisotopic (exact) mass is 614 g/mol. The number of nitrogens with one attached hydrogen (secondary N) is 1. The third-order valence-electron chi connectivity index (χ3n) is 9.82. The molecule has 0 unspecified atom stereocenters. The van der Waals surface area contributed by atoms with Gasteiger partial charge in [-0.25, -0.2) is 0 Å². The van der Waals surface area contributed by atoms with Gasteiger partial charge in [0.05, 0.1) is 16.9 Å². The normalized spacial score (nSPS) is 12.8. The van der Waals surface area contributed by atoms with E-state index >= 15 is 0 Å². The number of hydrogen-bond donors (Lipinski definition) is 1. The first-order valence-electron chi connectivity index (χ1n) is 16.5. The number of anilines is 3. The quantitative estimate of drug-likeness (QED) is 0.209. The van der Waals surface area contributed by atoms with Crippen molar-refractivity contribution in [3.05, 3.63) is 169 Å². The Bertz CT molecular complexity index is 2560. The standard InChI is InChI=1S/C45H30N2O/c1-2-11-30(12-3-1)34-14-6-8-19-40(34)47(41-25-26-46-45-44(41)38-17-7-9-20-42(38)48-45)33-23-21-29(22-24-33)32-27-31-13-10-18-37-35-15-4-5-16-36(35)39(28-32)43(31)37/h1-25,27-28,46H,26H2. The van der Waals surface area contributed by atoms with Crippen molar-refractivity contribution in [2.75, 3.05) is 16.8 Å². The van der Waals surface area contributed by atoms with Crippen LogP contribution in [0.1, 0.15) is 5.56 Å². The van der Waals surface area contributed by atoms with Gasteiger partial charge in [-0.1, -0.05) is 121 Å². The Morgan fingerprint density at radius 1 is 0.521 bits per heavy atom. The van der Waals surface area contributed by atoms with E-state index in [-0.39, 0.29) is 0 Å². The fourth-order valence-corrected chi connectivity index (χ4v) is 7.70. The first-order valence-corrected chi connectivity index (χ1v) is 16.5. The third kappa shape index (κ3) is 4.08. The lowest BCUT2D eigenvalue weighted by Crippen LogP contribution is -2.20. The highest BCUT2D eigenvalue weighted by Gasteiger charge is 2.28. The lowest BCUT2D eigenvalue weighted by Gasteiger charge is -2.32. The first-order chi connectivity index (χ1) is 23.8. The average Bonchev–Trinajstić information content (AvgIpc) is 3.70. The molecule has 10 rings (SSSR count). The summed E-state index contributed by atoms with van der Waals surface area (Å²) in [6.07, 6.45) is 2.28. The predicted octanol–water partition coefficient (Wildman–Crippen LogP) is 12.2. The van der Waals surface area contributed by atoms with Gasteiger partial charge in [-0.15, -0.1) is 0 Å². The predicted molar refractivity (Wildman–Crippen MR) is 201 cm³/mol. The third-order valence-corrected chi connectivity index (χ3v) is 9.82. The summed E-state index contributed by atoms with van der Waals surface area (Å²) in [7, 11) is 0. The number of para-hydroxylation sites is 2. The molecule has 0 saturated carbocycles. The minimum atomic E-state index is 0.674. The molecule has 0 saturated heterocycles. The number of hydrogen-bond acceptors (Lipinski definition) is 3. The minimum absolute atomic E-state index is 0.674. The second kappa shape index (κ2) is 10.6. The van der Waals surface area contributed by atoms with Crippen LogP contribution in [0.3, 0.4) is 0 Å². The van der Waals surface area contributed by atoms with Crippen LogP contribution < -0.4 is 10.2 Å². The topological polar surface area (TPSA) is 28.4 Å². The van der Waals surface area contributed by atoms with Crippen molar-refractivity contribution in [3.63, 3.8) is 0 Å². The van der Waals surface area contributed by atoms with Crippen LogP contribution in [0.5, 0.6) is 0 Å². The van der Waals surface area contributed by atoms with E-state index in [1.54, 1.807) is 0 Å². The molecule has 1 N–H and O–H groups in total. The van der Waals surface area contributed by atoms with Gasteiger partial charge in [0.1, 0.15) is 5.58 Å². The summed E-state index contributed by atoms with van der Waals surface area (Å²) in [4.78, 5) is 2.40. The number of furan rings is 1. The zero-order valence-corrected chi connectivity index (χ0v) is 26.2. The van der Waals surface area contributed by atoms with Gasteiger partial charge in [0, 0.05) is 23.2 Å². The molecule has 7 aromatic carbocycles. The van der Waals surface area contributed by atoms with Crippen LogP contribution in [0.2, 0.25) is 0 Å². The lowest BCUT2D eigenvalue weighted by atomic mass is 9.95. The van der Waals surface area contributed by atoms with Crippen LogP contribution in [-0.2, 0) is 0 Å². The summed E-state index contributed by atoms with van der Waals surface area (Å²) in [5, 5.41) is 7.21. The van der Waals surface area contributed by atoms with Crippen LogP contribution in [0.25, 0.3) is 71.9 Å². The van der Waals surface area contributed by atoms with Crippen molar-refractivity contribution in [2.45, 2.75) is 0 Å². The van der Waals surface area contributed by atoms with E-state index in [1.165, 1.54) is 55.3 Å². The Kier molecular flexibility index (Phi) is 5.94. The van der Waals surface area contributed by atoms with Crippen LogP contribution in [0.4, 0.5) is 17.3 Å². The number of nitrogens with zero attached hydrogens (tertiary/aromatic N) is 1. The second-order valence-corrected chi connectivity index (χ2v) is 12.5. The molecule has 2 heterocycles. The van der Waals surface area contributed by atoms with Crippen molar-refractivity contribution in [3.8, 4) is 44.5 Å². The zero-order chi connectivity index (χ0) is 31.6.